The lowest BCUT2D eigenvalue weighted by Crippen LogP contribution is -2.44. The smallest absolute Gasteiger partial charge is 0.200 e. The Morgan fingerprint density at radius 2 is 1.76 bits per heavy atom. The number of methoxy groups -OCH3 is 1. The Hall–Kier alpha value is -3.72. The number of allylic oxidation sites excluding steroid dienone is 3. The molecule has 272 valence electrons. The summed E-state index contributed by atoms with van der Waals surface area (Å²) in [4.78, 5) is 3.09. The third-order valence-corrected chi connectivity index (χ3v) is 12.9. The highest BCUT2D eigenvalue weighted by molar-refractivity contribution is 5.59. The van der Waals surface area contributed by atoms with Crippen LogP contribution in [0.5, 0.6) is 23.0 Å². The fraction of sp³-hybridized carbons (Fsp3) is 0.535. The van der Waals surface area contributed by atoms with Gasteiger partial charge in [0.25, 0.3) is 0 Å². The highest BCUT2D eigenvalue weighted by atomic mass is 16.5. The number of aromatic nitrogens is 1. The Morgan fingerprint density at radius 1 is 0.902 bits per heavy atom. The van der Waals surface area contributed by atoms with Crippen molar-refractivity contribution >= 4 is 0 Å². The van der Waals surface area contributed by atoms with E-state index < -0.39 is 12.2 Å². The van der Waals surface area contributed by atoms with E-state index in [1.807, 2.05) is 24.5 Å². The van der Waals surface area contributed by atoms with Crippen LogP contribution in [0.4, 0.5) is 0 Å². The normalized spacial score (nSPS) is 32.3. The zero-order valence-electron chi connectivity index (χ0n) is 29.7. The van der Waals surface area contributed by atoms with Crippen molar-refractivity contribution in [3.05, 3.63) is 94.8 Å². The molecule has 6 N–H and O–H groups in total. The van der Waals surface area contributed by atoms with Crippen LogP contribution in [-0.4, -0.2) is 56.8 Å². The molecule has 0 amide bonds. The Morgan fingerprint density at radius 3 is 2.57 bits per heavy atom. The molecule has 0 unspecified atom stereocenters. The number of benzene rings is 2. The summed E-state index contributed by atoms with van der Waals surface area (Å²) >= 11 is 0. The molecular weight excluding hydrogens is 640 g/mol. The molecule has 3 aromatic rings. The van der Waals surface area contributed by atoms with E-state index in [0.717, 1.165) is 54.4 Å². The standard InChI is InChI=1S/C43H54N2O6/c1-50-43-36(18-25-16-17-44-24-25)35(22-39(48)42(43)49)41-23-38(47)33-13-10-27(21-40(33)51-41)26-11-15-37(46)34(20-26)32-9-5-6-28-19-30(12-14-31(28)32)45-29-7-3-2-4-8-29/h5,9,11-12,14-17,20,22,24,27-33,38,40-41,44-49H,2-4,6-8,10,13,18-19,21,23H2,1H3/t27-,28+,30-,31-,32+,33+,38+,40+,41+/m1/s1. The van der Waals surface area contributed by atoms with Crippen LogP contribution in [0, 0.1) is 17.8 Å². The van der Waals surface area contributed by atoms with E-state index in [-0.39, 0.29) is 41.1 Å². The van der Waals surface area contributed by atoms with Crippen LogP contribution in [0.25, 0.3) is 0 Å². The van der Waals surface area contributed by atoms with Gasteiger partial charge in [-0.15, -0.1) is 0 Å². The van der Waals surface area contributed by atoms with Crippen LogP contribution < -0.4 is 10.1 Å². The van der Waals surface area contributed by atoms with Crippen molar-refractivity contribution < 1.29 is 29.9 Å². The monoisotopic (exact) mass is 694 g/mol. The number of fused-ring (bicyclic) bond motifs is 2. The minimum absolute atomic E-state index is 0.0272. The van der Waals surface area contributed by atoms with Gasteiger partial charge in [-0.3, -0.25) is 0 Å². The maximum absolute atomic E-state index is 11.5. The Balaban J connectivity index is 1.01. The lowest BCUT2D eigenvalue weighted by atomic mass is 9.67. The topological polar surface area (TPSA) is 127 Å². The summed E-state index contributed by atoms with van der Waals surface area (Å²) in [6, 6.07) is 10.8. The predicted molar refractivity (Wildman–Crippen MR) is 197 cm³/mol. The first-order chi connectivity index (χ1) is 24.9. The van der Waals surface area contributed by atoms with Crippen molar-refractivity contribution in [3.8, 4) is 23.0 Å². The maximum Gasteiger partial charge on any atom is 0.200 e. The summed E-state index contributed by atoms with van der Waals surface area (Å²) in [5.74, 6) is 1.35. The highest BCUT2D eigenvalue weighted by Gasteiger charge is 2.44. The second kappa shape index (κ2) is 14.7. The average Bonchev–Trinajstić information content (AvgIpc) is 3.66. The van der Waals surface area contributed by atoms with Gasteiger partial charge in [0.2, 0.25) is 5.75 Å². The SMILES string of the molecule is COc1c(O)c(O)cc([C@@H]2C[C@H](O)[C@@H]3CC[C@@H](c4ccc(O)c([C@H]5C=CC[C@H]6C[C@H](NC7CCCCC7)C=C[C@H]65)c4)C[C@@H]3O2)c1Cc1cc[nH]c1. The Bertz CT molecular complexity index is 1730. The van der Waals surface area contributed by atoms with Crippen LogP contribution in [0.2, 0.25) is 0 Å². The van der Waals surface area contributed by atoms with Crippen LogP contribution >= 0.6 is 0 Å². The number of aliphatic hydroxyl groups excluding tert-OH is 1. The van der Waals surface area contributed by atoms with Crippen molar-refractivity contribution in [2.45, 2.75) is 119 Å². The lowest BCUT2D eigenvalue weighted by Gasteiger charge is -2.45. The van der Waals surface area contributed by atoms with Gasteiger partial charge in [0.1, 0.15) is 5.75 Å². The van der Waals surface area contributed by atoms with E-state index in [4.69, 9.17) is 9.47 Å². The molecule has 0 bridgehead atoms. The summed E-state index contributed by atoms with van der Waals surface area (Å²) in [6.45, 7) is 0. The molecule has 1 aromatic heterocycles. The number of aliphatic hydroxyl groups is 1. The van der Waals surface area contributed by atoms with E-state index in [9.17, 15) is 20.4 Å². The number of hydrogen-bond donors (Lipinski definition) is 6. The molecular formula is C43H54N2O6. The largest absolute Gasteiger partial charge is 0.508 e. The predicted octanol–water partition coefficient (Wildman–Crippen LogP) is 8.03. The molecule has 5 aliphatic rings. The first-order valence-corrected chi connectivity index (χ1v) is 19.4. The fourth-order valence-electron chi connectivity index (χ4n) is 10.2. The molecule has 1 aliphatic heterocycles. The Labute approximate surface area is 301 Å². The molecule has 8 rings (SSSR count). The Kier molecular flexibility index (Phi) is 9.92. The molecule has 9 atom stereocenters. The van der Waals surface area contributed by atoms with Gasteiger partial charge < -0.3 is 40.2 Å². The van der Waals surface area contributed by atoms with E-state index in [0.29, 0.717) is 42.5 Å². The first-order valence-electron chi connectivity index (χ1n) is 19.4. The number of aromatic amines is 1. The van der Waals surface area contributed by atoms with Crippen LogP contribution in [0.1, 0.15) is 116 Å². The summed E-state index contributed by atoms with van der Waals surface area (Å²) < 4.78 is 12.5. The lowest BCUT2D eigenvalue weighted by molar-refractivity contribution is -0.154. The number of phenolic OH excluding ortho intramolecular Hbond substituents is 3. The van der Waals surface area contributed by atoms with E-state index in [2.05, 4.69) is 46.7 Å². The number of rotatable bonds is 8. The van der Waals surface area contributed by atoms with Gasteiger partial charge in [-0.1, -0.05) is 55.7 Å². The minimum Gasteiger partial charge on any atom is -0.508 e. The van der Waals surface area contributed by atoms with Gasteiger partial charge >= 0.3 is 0 Å². The van der Waals surface area contributed by atoms with Gasteiger partial charge in [0.15, 0.2) is 11.5 Å². The number of hydrogen-bond acceptors (Lipinski definition) is 7. The number of aromatic hydroxyl groups is 3. The fourth-order valence-corrected chi connectivity index (χ4v) is 10.2. The van der Waals surface area contributed by atoms with Crippen molar-refractivity contribution in [3.63, 3.8) is 0 Å². The van der Waals surface area contributed by atoms with Gasteiger partial charge in [-0.05, 0) is 97.6 Å². The van der Waals surface area contributed by atoms with Crippen LogP contribution in [0.3, 0.4) is 0 Å². The summed E-state index contributed by atoms with van der Waals surface area (Å²) in [5.41, 5.74) is 4.70. The van der Waals surface area contributed by atoms with Gasteiger partial charge in [0.05, 0.1) is 25.4 Å². The van der Waals surface area contributed by atoms with Crippen molar-refractivity contribution in [2.75, 3.05) is 7.11 Å². The highest BCUT2D eigenvalue weighted by Crippen LogP contribution is 2.51. The first kappa shape index (κ1) is 34.4. The molecule has 4 aliphatic carbocycles. The molecule has 1 saturated heterocycles. The molecule has 51 heavy (non-hydrogen) atoms. The number of nitrogens with one attached hydrogen (secondary N) is 2. The number of H-pyrrole nitrogens is 1. The van der Waals surface area contributed by atoms with Crippen molar-refractivity contribution in [1.29, 1.82) is 0 Å². The third kappa shape index (κ3) is 6.95. The molecule has 2 aromatic carbocycles. The molecule has 8 heteroatoms. The molecule has 2 saturated carbocycles. The number of ether oxygens (including phenoxy) is 2. The molecule has 0 radical (unpaired) electrons. The van der Waals surface area contributed by atoms with Crippen molar-refractivity contribution in [1.82, 2.24) is 10.3 Å². The zero-order valence-corrected chi connectivity index (χ0v) is 29.7. The second-order valence-electron chi connectivity index (χ2n) is 16.0. The third-order valence-electron chi connectivity index (χ3n) is 12.9. The maximum atomic E-state index is 11.5. The summed E-state index contributed by atoms with van der Waals surface area (Å²) in [6.07, 6.45) is 24.3. The van der Waals surface area contributed by atoms with Gasteiger partial charge in [-0.25, -0.2) is 0 Å². The minimum atomic E-state index is -0.550. The van der Waals surface area contributed by atoms with E-state index >= 15 is 0 Å². The van der Waals surface area contributed by atoms with Crippen LogP contribution in [0.15, 0.2) is 67.0 Å². The van der Waals surface area contributed by atoms with Gasteiger partial charge in [-0.2, -0.15) is 0 Å². The zero-order chi connectivity index (χ0) is 35.1. The van der Waals surface area contributed by atoms with Crippen molar-refractivity contribution in [2.24, 2.45) is 17.8 Å². The summed E-state index contributed by atoms with van der Waals surface area (Å²) in [5, 5.41) is 48.1. The summed E-state index contributed by atoms with van der Waals surface area (Å²) in [7, 11) is 1.49. The molecule has 2 heterocycles. The number of phenols is 3. The second-order valence-corrected chi connectivity index (χ2v) is 16.0. The van der Waals surface area contributed by atoms with E-state index in [1.54, 1.807) is 6.07 Å². The van der Waals surface area contributed by atoms with Crippen LogP contribution in [-0.2, 0) is 11.2 Å². The van der Waals surface area contributed by atoms with E-state index in [1.165, 1.54) is 44.8 Å². The molecule has 3 fully saturated rings. The van der Waals surface area contributed by atoms with Gasteiger partial charge in [0, 0.05) is 60.3 Å². The molecule has 8 nitrogen and oxygen atoms in total. The average molecular weight is 695 g/mol. The quantitative estimate of drug-likeness (QED) is 0.104. The molecule has 0 spiro atoms.